The van der Waals surface area contributed by atoms with Crippen molar-refractivity contribution in [2.75, 3.05) is 7.05 Å². The van der Waals surface area contributed by atoms with E-state index in [9.17, 15) is 0 Å². The first kappa shape index (κ1) is 42.1. The maximum absolute atomic E-state index is 6.46. The molecule has 5 aromatic carbocycles. The van der Waals surface area contributed by atoms with Crippen molar-refractivity contribution in [2.24, 2.45) is 5.73 Å². The molecule has 2 heterocycles. The fourth-order valence-corrected chi connectivity index (χ4v) is 7.94. The summed E-state index contributed by atoms with van der Waals surface area (Å²) in [4.78, 5) is 13.0. The quantitative estimate of drug-likeness (QED) is 0.118. The standard InChI is InChI=1S/C57H56N4/c1-7-11-14-25-53(58)42-27-29-43(30-28-42)54-39-55(44-31-33-45(34-32-44)56-26-15-13-18-35-61(56)6)60-57(59-54)48-37-46(49(10-4)50(22-12-8-2)40(5)9-3)36-47(38-48)52-24-19-21-41-20-16-17-23-51(41)52/h7,10-25,27-39,56H,1,8-9,26,58H2,2-6H3/b14-11-,22-12-,49-10-,50-40-,53-25-. The Morgan fingerprint density at radius 3 is 2.20 bits per heavy atom. The molecule has 1 aromatic heterocycles. The van der Waals surface area contributed by atoms with Crippen molar-refractivity contribution in [2.45, 2.75) is 53.0 Å². The molecule has 2 N–H and O–H groups in total. The average Bonchev–Trinajstić information content (AvgIpc) is 3.53. The highest BCUT2D eigenvalue weighted by atomic mass is 15.1. The summed E-state index contributed by atoms with van der Waals surface area (Å²) in [6, 6.07) is 41.6. The van der Waals surface area contributed by atoms with E-state index in [0.29, 0.717) is 11.5 Å². The molecule has 0 spiro atoms. The van der Waals surface area contributed by atoms with Gasteiger partial charge in [0.15, 0.2) is 5.82 Å². The van der Waals surface area contributed by atoms with E-state index in [1.54, 1.807) is 6.08 Å². The van der Waals surface area contributed by atoms with Gasteiger partial charge in [0, 0.05) is 29.4 Å². The first-order valence-electron chi connectivity index (χ1n) is 21.4. The van der Waals surface area contributed by atoms with Crippen molar-refractivity contribution >= 4 is 22.0 Å². The molecule has 0 amide bonds. The molecule has 61 heavy (non-hydrogen) atoms. The molecule has 0 bridgehead atoms. The van der Waals surface area contributed by atoms with Crippen LogP contribution in [0.5, 0.6) is 0 Å². The highest BCUT2D eigenvalue weighted by Gasteiger charge is 2.19. The summed E-state index contributed by atoms with van der Waals surface area (Å²) in [6.45, 7) is 12.6. The van der Waals surface area contributed by atoms with E-state index < -0.39 is 0 Å². The lowest BCUT2D eigenvalue weighted by Crippen LogP contribution is -2.17. The van der Waals surface area contributed by atoms with Gasteiger partial charge in [-0.1, -0.05) is 166 Å². The Bertz CT molecular complexity index is 2730. The van der Waals surface area contributed by atoms with Crippen LogP contribution in [-0.2, 0) is 0 Å². The third-order valence-electron chi connectivity index (χ3n) is 11.5. The fraction of sp³-hybridized carbons (Fsp3) is 0.158. The number of nitrogens with zero attached hydrogens (tertiary/aromatic N) is 3. The summed E-state index contributed by atoms with van der Waals surface area (Å²) in [6.07, 6.45) is 25.6. The van der Waals surface area contributed by atoms with E-state index in [1.165, 1.54) is 38.6 Å². The number of allylic oxidation sites excluding steroid dienone is 12. The first-order chi connectivity index (χ1) is 29.8. The van der Waals surface area contributed by atoms with Gasteiger partial charge in [-0.2, -0.15) is 0 Å². The van der Waals surface area contributed by atoms with Crippen LogP contribution in [0.4, 0.5) is 0 Å². The Balaban J connectivity index is 1.44. The Morgan fingerprint density at radius 2 is 1.49 bits per heavy atom. The highest BCUT2D eigenvalue weighted by Crippen LogP contribution is 2.38. The Hall–Kier alpha value is -7.04. The van der Waals surface area contributed by atoms with Gasteiger partial charge in [0.25, 0.3) is 0 Å². The minimum atomic E-state index is 0.256. The number of fused-ring (bicyclic) bond motifs is 1. The molecular weight excluding hydrogens is 741 g/mol. The van der Waals surface area contributed by atoms with E-state index in [-0.39, 0.29) is 6.04 Å². The van der Waals surface area contributed by atoms with Gasteiger partial charge in [-0.3, -0.25) is 0 Å². The monoisotopic (exact) mass is 796 g/mol. The SMILES string of the molecule is C=C/C=C\C=C(/N)c1ccc(-c2cc(-c3ccc(C4CC=CC=CN4C)cc3)nc(-c3cc(C(=C/C)/C(/C=C\CC)=C(/C)CC)cc(-c4cccc5ccccc45)c3)n2)cc1. The third kappa shape index (κ3) is 9.72. The molecule has 304 valence electrons. The van der Waals surface area contributed by atoms with Crippen LogP contribution in [0.3, 0.4) is 0 Å². The van der Waals surface area contributed by atoms with E-state index in [1.807, 2.05) is 18.2 Å². The summed E-state index contributed by atoms with van der Waals surface area (Å²) in [5.74, 6) is 0.661. The van der Waals surface area contributed by atoms with Crippen LogP contribution in [-0.4, -0.2) is 21.9 Å². The molecule has 0 radical (unpaired) electrons. The van der Waals surface area contributed by atoms with Gasteiger partial charge in [0.1, 0.15) is 0 Å². The second-order valence-electron chi connectivity index (χ2n) is 15.5. The Labute approximate surface area is 362 Å². The van der Waals surface area contributed by atoms with Crippen molar-refractivity contribution < 1.29 is 0 Å². The van der Waals surface area contributed by atoms with Crippen molar-refractivity contribution in [1.82, 2.24) is 14.9 Å². The Kier molecular flexibility index (Phi) is 13.7. The van der Waals surface area contributed by atoms with Crippen molar-refractivity contribution in [1.29, 1.82) is 0 Å². The topological polar surface area (TPSA) is 55.0 Å². The predicted octanol–water partition coefficient (Wildman–Crippen LogP) is 14.9. The van der Waals surface area contributed by atoms with Crippen LogP contribution in [0.1, 0.15) is 69.7 Å². The zero-order valence-corrected chi connectivity index (χ0v) is 36.1. The molecule has 1 aliphatic rings. The van der Waals surface area contributed by atoms with E-state index >= 15 is 0 Å². The normalized spacial score (nSPS) is 15.2. The van der Waals surface area contributed by atoms with Crippen molar-refractivity contribution in [3.63, 3.8) is 0 Å². The summed E-state index contributed by atoms with van der Waals surface area (Å²) in [5.41, 5.74) is 21.2. The maximum atomic E-state index is 6.46. The van der Waals surface area contributed by atoms with Crippen LogP contribution in [0.25, 0.3) is 67.1 Å². The summed E-state index contributed by atoms with van der Waals surface area (Å²) < 4.78 is 0. The lowest BCUT2D eigenvalue weighted by atomic mass is 9.88. The number of rotatable bonds is 13. The van der Waals surface area contributed by atoms with E-state index in [4.69, 9.17) is 15.7 Å². The second-order valence-corrected chi connectivity index (χ2v) is 15.5. The molecule has 0 saturated carbocycles. The lowest BCUT2D eigenvalue weighted by molar-refractivity contribution is 0.341. The fourth-order valence-electron chi connectivity index (χ4n) is 7.94. The van der Waals surface area contributed by atoms with Gasteiger partial charge in [-0.15, -0.1) is 0 Å². The predicted molar refractivity (Wildman–Crippen MR) is 262 cm³/mol. The van der Waals surface area contributed by atoms with Crippen LogP contribution >= 0.6 is 0 Å². The number of aromatic nitrogens is 2. The Morgan fingerprint density at radius 1 is 0.787 bits per heavy atom. The molecular formula is C57H56N4. The van der Waals surface area contributed by atoms with Crippen LogP contribution in [0.2, 0.25) is 0 Å². The van der Waals surface area contributed by atoms with Gasteiger partial charge >= 0.3 is 0 Å². The van der Waals surface area contributed by atoms with Crippen molar-refractivity contribution in [3.05, 3.63) is 217 Å². The average molecular weight is 797 g/mol. The van der Waals surface area contributed by atoms with Gasteiger partial charge in [0.05, 0.1) is 17.4 Å². The van der Waals surface area contributed by atoms with Crippen LogP contribution < -0.4 is 5.73 Å². The molecule has 6 aromatic rings. The number of benzene rings is 5. The van der Waals surface area contributed by atoms with Crippen LogP contribution in [0.15, 0.2) is 200 Å². The van der Waals surface area contributed by atoms with Crippen LogP contribution in [0, 0.1) is 0 Å². The molecule has 1 atom stereocenters. The molecule has 4 nitrogen and oxygen atoms in total. The lowest BCUT2D eigenvalue weighted by Gasteiger charge is -2.25. The largest absolute Gasteiger partial charge is 0.398 e. The number of nitrogens with two attached hydrogens (primary N) is 1. The number of hydrogen-bond acceptors (Lipinski definition) is 4. The summed E-state index contributed by atoms with van der Waals surface area (Å²) in [5, 5.41) is 2.41. The zero-order valence-electron chi connectivity index (χ0n) is 36.1. The first-order valence-corrected chi connectivity index (χ1v) is 21.4. The molecule has 0 saturated heterocycles. The second kappa shape index (κ2) is 19.8. The van der Waals surface area contributed by atoms with Gasteiger partial charge in [0.2, 0.25) is 0 Å². The highest BCUT2D eigenvalue weighted by molar-refractivity contribution is 5.98. The maximum Gasteiger partial charge on any atom is 0.160 e. The molecule has 0 aliphatic carbocycles. The third-order valence-corrected chi connectivity index (χ3v) is 11.5. The molecule has 1 aliphatic heterocycles. The molecule has 0 fully saturated rings. The molecule has 4 heteroatoms. The molecule has 7 rings (SSSR count). The van der Waals surface area contributed by atoms with Gasteiger partial charge < -0.3 is 10.6 Å². The zero-order chi connectivity index (χ0) is 42.7. The summed E-state index contributed by atoms with van der Waals surface area (Å²) >= 11 is 0. The van der Waals surface area contributed by atoms with Gasteiger partial charge in [-0.25, -0.2) is 9.97 Å². The number of hydrogen-bond donors (Lipinski definition) is 1. The summed E-state index contributed by atoms with van der Waals surface area (Å²) in [7, 11) is 2.14. The van der Waals surface area contributed by atoms with E-state index in [2.05, 4.69) is 204 Å². The molecule has 1 unspecified atom stereocenters. The van der Waals surface area contributed by atoms with E-state index in [0.717, 1.165) is 64.0 Å². The van der Waals surface area contributed by atoms with Gasteiger partial charge in [-0.05, 0) is 125 Å². The van der Waals surface area contributed by atoms with Crippen molar-refractivity contribution in [3.8, 4) is 45.0 Å². The smallest absolute Gasteiger partial charge is 0.160 e. The minimum absolute atomic E-state index is 0.256. The minimum Gasteiger partial charge on any atom is -0.398 e.